The van der Waals surface area contributed by atoms with Gasteiger partial charge in [0.1, 0.15) is 0 Å². The van der Waals surface area contributed by atoms with Crippen molar-refractivity contribution in [2.24, 2.45) is 0 Å². The van der Waals surface area contributed by atoms with Gasteiger partial charge >= 0.3 is 0 Å². The van der Waals surface area contributed by atoms with Crippen LogP contribution in [-0.2, 0) is 5.41 Å². The van der Waals surface area contributed by atoms with E-state index >= 15 is 0 Å². The van der Waals surface area contributed by atoms with Crippen LogP contribution in [-0.4, -0.2) is 4.57 Å². The zero-order valence-electron chi connectivity index (χ0n) is 37.6. The number of hydrogen-bond donors (Lipinski definition) is 0. The largest absolute Gasteiger partial charge is 0.310 e. The first-order chi connectivity index (χ1) is 33.7. The lowest BCUT2D eigenvalue weighted by molar-refractivity contribution is 0.647. The van der Waals surface area contributed by atoms with Gasteiger partial charge in [0.05, 0.1) is 16.4 Å². The molecular weight excluding hydrogens is 821 g/mol. The fraction of sp³-hybridized carbons (Fsp3) is 0.0303. The highest BCUT2D eigenvalue weighted by Gasteiger charge is 2.46. The zero-order chi connectivity index (χ0) is 45.2. The normalized spacial score (nSPS) is 15.9. The van der Waals surface area contributed by atoms with Crippen LogP contribution < -0.4 is 4.90 Å². The van der Waals surface area contributed by atoms with Crippen LogP contribution in [0.15, 0.2) is 261 Å². The van der Waals surface area contributed by atoms with Crippen molar-refractivity contribution in [1.82, 2.24) is 4.57 Å². The first kappa shape index (κ1) is 39.6. The van der Waals surface area contributed by atoms with Crippen LogP contribution in [0.5, 0.6) is 0 Å². The Kier molecular flexibility index (Phi) is 9.33. The smallest absolute Gasteiger partial charge is 0.0542 e. The van der Waals surface area contributed by atoms with Gasteiger partial charge in [-0.3, -0.25) is 0 Å². The van der Waals surface area contributed by atoms with E-state index in [-0.39, 0.29) is 0 Å². The molecule has 68 heavy (non-hydrogen) atoms. The average molecular weight is 867 g/mol. The zero-order valence-corrected chi connectivity index (χ0v) is 37.6. The number of hydrogen-bond acceptors (Lipinski definition) is 1. The van der Waals surface area contributed by atoms with Gasteiger partial charge in [-0.25, -0.2) is 0 Å². The Morgan fingerprint density at radius 2 is 1.01 bits per heavy atom. The van der Waals surface area contributed by atoms with Gasteiger partial charge in [0, 0.05) is 33.5 Å². The number of benzene rings is 10. The summed E-state index contributed by atoms with van der Waals surface area (Å²) in [5, 5.41) is 4.96. The predicted octanol–water partition coefficient (Wildman–Crippen LogP) is 17.6. The van der Waals surface area contributed by atoms with Crippen LogP contribution in [0.4, 0.5) is 17.1 Å². The Labute approximate surface area is 397 Å². The summed E-state index contributed by atoms with van der Waals surface area (Å²) in [7, 11) is 0. The summed E-state index contributed by atoms with van der Waals surface area (Å²) in [6.45, 7) is 4.66. The molecule has 320 valence electrons. The van der Waals surface area contributed by atoms with E-state index in [0.717, 1.165) is 45.9 Å². The second-order valence-corrected chi connectivity index (χ2v) is 18.1. The number of para-hydroxylation sites is 2. The molecule has 1 spiro atoms. The molecule has 1 heterocycles. The maximum absolute atomic E-state index is 4.66. The lowest BCUT2D eigenvalue weighted by Gasteiger charge is -2.35. The Balaban J connectivity index is 1.09. The van der Waals surface area contributed by atoms with Gasteiger partial charge < -0.3 is 9.47 Å². The van der Waals surface area contributed by atoms with Gasteiger partial charge in [-0.2, -0.15) is 0 Å². The Morgan fingerprint density at radius 3 is 1.85 bits per heavy atom. The van der Waals surface area contributed by atoms with E-state index in [2.05, 4.69) is 271 Å². The topological polar surface area (TPSA) is 8.17 Å². The van der Waals surface area contributed by atoms with Crippen molar-refractivity contribution in [3.05, 3.63) is 284 Å². The molecule has 0 radical (unpaired) electrons. The van der Waals surface area contributed by atoms with E-state index in [1.54, 1.807) is 0 Å². The summed E-state index contributed by atoms with van der Waals surface area (Å²) in [4.78, 5) is 2.45. The molecule has 11 aromatic rings. The number of allylic oxidation sites excluding steroid dienone is 5. The molecule has 1 unspecified atom stereocenters. The summed E-state index contributed by atoms with van der Waals surface area (Å²) in [5.74, 6) is 0. The number of anilines is 3. The van der Waals surface area contributed by atoms with Gasteiger partial charge in [-0.15, -0.1) is 0 Å². The van der Waals surface area contributed by atoms with Crippen molar-refractivity contribution in [2.45, 2.75) is 11.8 Å². The van der Waals surface area contributed by atoms with E-state index < -0.39 is 5.41 Å². The third-order valence-electron chi connectivity index (χ3n) is 14.5. The predicted molar refractivity (Wildman–Crippen MR) is 288 cm³/mol. The van der Waals surface area contributed by atoms with Crippen molar-refractivity contribution in [1.29, 1.82) is 0 Å². The minimum Gasteiger partial charge on any atom is -0.310 e. The summed E-state index contributed by atoms with van der Waals surface area (Å²) in [5.41, 5.74) is 19.6. The van der Waals surface area contributed by atoms with Gasteiger partial charge in [0.15, 0.2) is 0 Å². The van der Waals surface area contributed by atoms with Gasteiger partial charge in [0.25, 0.3) is 0 Å². The summed E-state index contributed by atoms with van der Waals surface area (Å²) >= 11 is 0. The molecule has 2 aliphatic carbocycles. The highest BCUT2D eigenvalue weighted by molar-refractivity contribution is 6.11. The van der Waals surface area contributed by atoms with E-state index in [1.165, 1.54) is 77.1 Å². The minimum atomic E-state index is -0.493. The van der Waals surface area contributed by atoms with E-state index in [0.29, 0.717) is 0 Å². The second kappa shape index (κ2) is 16.0. The highest BCUT2D eigenvalue weighted by atomic mass is 15.1. The lowest BCUT2D eigenvalue weighted by Crippen LogP contribution is -2.27. The minimum absolute atomic E-state index is 0.493. The fourth-order valence-electron chi connectivity index (χ4n) is 11.4. The van der Waals surface area contributed by atoms with Crippen LogP contribution in [0.2, 0.25) is 0 Å². The lowest BCUT2D eigenvalue weighted by atomic mass is 9.67. The molecule has 1 atom stereocenters. The van der Waals surface area contributed by atoms with Crippen LogP contribution >= 0.6 is 0 Å². The first-order valence-corrected chi connectivity index (χ1v) is 23.6. The number of fused-ring (bicyclic) bond motifs is 14. The maximum Gasteiger partial charge on any atom is 0.0542 e. The molecule has 2 heteroatoms. The fourth-order valence-corrected chi connectivity index (χ4v) is 11.4. The van der Waals surface area contributed by atoms with E-state index in [9.17, 15) is 0 Å². The average Bonchev–Trinajstić information content (AvgIpc) is 3.89. The molecule has 10 aromatic carbocycles. The summed E-state index contributed by atoms with van der Waals surface area (Å²) in [6, 6.07) is 85.0. The Hall–Kier alpha value is -8.72. The SMILES string of the molecule is C=C1/C=C\C=C/CC2(c3ccc(N(c4ccc(-c5ccccc5)cc4)c4ccc5c(c4)c4ccccc4n5-c4ccccc4)cc3-c3ccccc31)c1ccccc1-c1c2ccc2ccccc12. The Morgan fingerprint density at radius 1 is 0.412 bits per heavy atom. The van der Waals surface area contributed by atoms with Crippen molar-refractivity contribution in [3.63, 3.8) is 0 Å². The van der Waals surface area contributed by atoms with Gasteiger partial charge in [-0.1, -0.05) is 201 Å². The van der Waals surface area contributed by atoms with Crippen molar-refractivity contribution in [2.75, 3.05) is 4.90 Å². The quantitative estimate of drug-likeness (QED) is 0.167. The summed E-state index contributed by atoms with van der Waals surface area (Å²) < 4.78 is 2.39. The number of aromatic nitrogens is 1. The first-order valence-electron chi connectivity index (χ1n) is 23.6. The van der Waals surface area contributed by atoms with Crippen LogP contribution in [0.25, 0.3) is 77.2 Å². The van der Waals surface area contributed by atoms with Gasteiger partial charge in [0.2, 0.25) is 0 Å². The molecule has 2 nitrogen and oxygen atoms in total. The van der Waals surface area contributed by atoms with Gasteiger partial charge in [-0.05, 0) is 139 Å². The van der Waals surface area contributed by atoms with Crippen molar-refractivity contribution in [3.8, 4) is 39.1 Å². The molecule has 13 rings (SSSR count). The second-order valence-electron chi connectivity index (χ2n) is 18.1. The van der Waals surface area contributed by atoms with Crippen LogP contribution in [0, 0.1) is 0 Å². The van der Waals surface area contributed by atoms with Crippen LogP contribution in [0.3, 0.4) is 0 Å². The molecule has 2 aliphatic rings. The third-order valence-corrected chi connectivity index (χ3v) is 14.5. The third kappa shape index (κ3) is 6.18. The number of nitrogens with zero attached hydrogens (tertiary/aromatic N) is 2. The molecule has 0 fully saturated rings. The molecule has 0 saturated carbocycles. The molecule has 0 N–H and O–H groups in total. The highest BCUT2D eigenvalue weighted by Crippen LogP contribution is 2.59. The number of rotatable bonds is 5. The molecule has 1 aromatic heterocycles. The monoisotopic (exact) mass is 866 g/mol. The summed E-state index contributed by atoms with van der Waals surface area (Å²) in [6.07, 6.45) is 9.67. The molecule has 0 aliphatic heterocycles. The molecular formula is C66H46N2. The maximum atomic E-state index is 4.66. The standard InChI is InChI=1S/C66H46N2/c1-45-19-5-4-18-42-66(60-30-16-14-29-57(60)65-54-26-11-10-22-48(54)34-39-62(65)66)61-40-37-51(43-58(61)55-27-13-12-25-53(45)55)67(50-35-32-47(33-36-50)46-20-6-2-7-21-46)52-38-41-64-59(44-52)56-28-15-17-31-63(56)68(64)49-23-8-3-9-24-49/h2-41,43-44H,1,42H2/b18-4-,19-5-. The van der Waals surface area contributed by atoms with E-state index in [4.69, 9.17) is 0 Å². The van der Waals surface area contributed by atoms with E-state index in [1.807, 2.05) is 0 Å². The van der Waals surface area contributed by atoms with Crippen LogP contribution in [0.1, 0.15) is 28.7 Å². The molecule has 0 bridgehead atoms. The Bertz CT molecular complexity index is 3830. The van der Waals surface area contributed by atoms with Crippen molar-refractivity contribution < 1.29 is 0 Å². The van der Waals surface area contributed by atoms with Crippen molar-refractivity contribution >= 4 is 55.2 Å². The molecule has 0 saturated heterocycles. The molecule has 0 amide bonds.